The van der Waals surface area contributed by atoms with Gasteiger partial charge in [-0.1, -0.05) is 30.3 Å². The molecule has 0 aliphatic carbocycles. The Labute approximate surface area is 157 Å². The fourth-order valence-electron chi connectivity index (χ4n) is 3.50. The van der Waals surface area contributed by atoms with Crippen molar-refractivity contribution in [2.45, 2.75) is 6.42 Å². The average molecular weight is 364 g/mol. The van der Waals surface area contributed by atoms with Crippen molar-refractivity contribution in [3.63, 3.8) is 0 Å². The van der Waals surface area contributed by atoms with Gasteiger partial charge >= 0.3 is 0 Å². The highest BCUT2D eigenvalue weighted by Crippen LogP contribution is 2.24. The van der Waals surface area contributed by atoms with Gasteiger partial charge in [-0.3, -0.25) is 9.89 Å². The number of halogens is 1. The summed E-state index contributed by atoms with van der Waals surface area (Å²) in [7, 11) is 0. The lowest BCUT2D eigenvalue weighted by Crippen LogP contribution is -2.35. The number of H-pyrrole nitrogens is 1. The van der Waals surface area contributed by atoms with E-state index in [1.54, 1.807) is 12.1 Å². The second kappa shape index (κ2) is 7.61. The summed E-state index contributed by atoms with van der Waals surface area (Å²) >= 11 is 0. The Hall–Kier alpha value is -3.15. The van der Waals surface area contributed by atoms with Crippen molar-refractivity contribution in [2.75, 3.05) is 31.1 Å². The standard InChI is InChI=1S/C21H21FN4O/c22-17-7-4-6-16(14-17)20-19(15-23-24-20)21(27)26-11-5-10-25(12-13-26)18-8-2-1-3-9-18/h1-4,6-9,14-15H,5,10-13H2,(H,23,24). The number of hydrogen-bond acceptors (Lipinski definition) is 3. The highest BCUT2D eigenvalue weighted by Gasteiger charge is 2.24. The maximum Gasteiger partial charge on any atom is 0.257 e. The first kappa shape index (κ1) is 17.3. The zero-order valence-electron chi connectivity index (χ0n) is 14.9. The molecule has 2 heterocycles. The van der Waals surface area contributed by atoms with Crippen LogP contribution in [-0.2, 0) is 0 Å². The van der Waals surface area contributed by atoms with Gasteiger partial charge in [0.25, 0.3) is 5.91 Å². The van der Waals surface area contributed by atoms with Crippen LogP contribution >= 0.6 is 0 Å². The van der Waals surface area contributed by atoms with Gasteiger partial charge in [0, 0.05) is 37.4 Å². The van der Waals surface area contributed by atoms with Crippen molar-refractivity contribution in [3.8, 4) is 11.3 Å². The second-order valence-electron chi connectivity index (χ2n) is 6.64. The van der Waals surface area contributed by atoms with Gasteiger partial charge in [0.15, 0.2) is 0 Å². The lowest BCUT2D eigenvalue weighted by atomic mass is 10.1. The molecule has 0 radical (unpaired) electrons. The van der Waals surface area contributed by atoms with Gasteiger partial charge in [0.05, 0.1) is 17.5 Å². The van der Waals surface area contributed by atoms with Crippen LogP contribution in [0.4, 0.5) is 10.1 Å². The minimum Gasteiger partial charge on any atom is -0.370 e. The van der Waals surface area contributed by atoms with Crippen LogP contribution < -0.4 is 4.90 Å². The van der Waals surface area contributed by atoms with E-state index in [0.29, 0.717) is 29.9 Å². The third-order valence-corrected chi connectivity index (χ3v) is 4.89. The van der Waals surface area contributed by atoms with Crippen LogP contribution in [0.3, 0.4) is 0 Å². The normalized spacial score (nSPS) is 14.9. The molecule has 0 saturated carbocycles. The monoisotopic (exact) mass is 364 g/mol. The third-order valence-electron chi connectivity index (χ3n) is 4.89. The molecule has 6 heteroatoms. The Bertz CT molecular complexity index is 925. The van der Waals surface area contributed by atoms with Gasteiger partial charge in [-0.15, -0.1) is 0 Å². The van der Waals surface area contributed by atoms with Gasteiger partial charge in [-0.05, 0) is 30.7 Å². The van der Waals surface area contributed by atoms with Gasteiger partial charge in [0.1, 0.15) is 5.82 Å². The molecule has 5 nitrogen and oxygen atoms in total. The number of carbonyl (C=O) groups excluding carboxylic acids is 1. The number of carbonyl (C=O) groups is 1. The summed E-state index contributed by atoms with van der Waals surface area (Å²) in [6.45, 7) is 3.02. The largest absolute Gasteiger partial charge is 0.370 e. The van der Waals surface area contributed by atoms with E-state index < -0.39 is 0 Å². The molecule has 0 bridgehead atoms. The van der Waals surface area contributed by atoms with Crippen LogP contribution in [0.2, 0.25) is 0 Å². The highest BCUT2D eigenvalue weighted by atomic mass is 19.1. The number of amides is 1. The van der Waals surface area contributed by atoms with E-state index in [2.05, 4.69) is 27.2 Å². The molecule has 1 aliphatic rings. The quantitative estimate of drug-likeness (QED) is 0.773. The van der Waals surface area contributed by atoms with E-state index in [1.165, 1.54) is 24.0 Å². The van der Waals surface area contributed by atoms with Crippen molar-refractivity contribution < 1.29 is 9.18 Å². The SMILES string of the molecule is O=C(c1cn[nH]c1-c1cccc(F)c1)N1CCCN(c2ccccc2)CC1. The Kier molecular flexibility index (Phi) is 4.87. The molecule has 1 saturated heterocycles. The Morgan fingerprint density at radius 1 is 1.00 bits per heavy atom. The maximum absolute atomic E-state index is 13.6. The lowest BCUT2D eigenvalue weighted by molar-refractivity contribution is 0.0768. The van der Waals surface area contributed by atoms with Crippen LogP contribution in [0.1, 0.15) is 16.8 Å². The number of nitrogens with one attached hydrogen (secondary N) is 1. The highest BCUT2D eigenvalue weighted by molar-refractivity contribution is 5.99. The molecule has 1 fully saturated rings. The fourth-order valence-corrected chi connectivity index (χ4v) is 3.50. The first-order chi connectivity index (χ1) is 13.2. The number of anilines is 1. The average Bonchev–Trinajstić information content (AvgIpc) is 3.06. The molecule has 1 amide bonds. The minimum absolute atomic E-state index is 0.0714. The van der Waals surface area contributed by atoms with Gasteiger partial charge < -0.3 is 9.80 Å². The van der Waals surface area contributed by atoms with E-state index in [9.17, 15) is 9.18 Å². The summed E-state index contributed by atoms with van der Waals surface area (Å²) in [5.74, 6) is -0.410. The van der Waals surface area contributed by atoms with Crippen molar-refractivity contribution in [1.82, 2.24) is 15.1 Å². The molecule has 1 aliphatic heterocycles. The lowest BCUT2D eigenvalue weighted by Gasteiger charge is -2.23. The first-order valence-electron chi connectivity index (χ1n) is 9.11. The van der Waals surface area contributed by atoms with Crippen LogP contribution in [0.5, 0.6) is 0 Å². The van der Waals surface area contributed by atoms with Crippen molar-refractivity contribution in [2.24, 2.45) is 0 Å². The van der Waals surface area contributed by atoms with Gasteiger partial charge in [-0.25, -0.2) is 4.39 Å². The molecule has 138 valence electrons. The Balaban J connectivity index is 1.52. The molecule has 0 unspecified atom stereocenters. The molecular formula is C21H21FN4O. The molecule has 0 spiro atoms. The molecular weight excluding hydrogens is 343 g/mol. The second-order valence-corrected chi connectivity index (χ2v) is 6.64. The molecule has 1 aromatic heterocycles. The van der Waals surface area contributed by atoms with E-state index in [0.717, 1.165) is 19.5 Å². The Morgan fingerprint density at radius 2 is 1.85 bits per heavy atom. The number of nitrogens with zero attached hydrogens (tertiary/aromatic N) is 3. The van der Waals surface area contributed by atoms with Crippen molar-refractivity contribution in [1.29, 1.82) is 0 Å². The predicted octanol–water partition coefficient (Wildman–Crippen LogP) is 3.57. The Morgan fingerprint density at radius 3 is 2.67 bits per heavy atom. The van der Waals surface area contributed by atoms with Crippen molar-refractivity contribution >= 4 is 11.6 Å². The molecule has 27 heavy (non-hydrogen) atoms. The maximum atomic E-state index is 13.6. The van der Waals surface area contributed by atoms with Gasteiger partial charge in [0.2, 0.25) is 0 Å². The van der Waals surface area contributed by atoms with E-state index in [-0.39, 0.29) is 11.7 Å². The number of benzene rings is 2. The number of aromatic amines is 1. The summed E-state index contributed by atoms with van der Waals surface area (Å²) in [5.41, 5.74) is 2.84. The van der Waals surface area contributed by atoms with E-state index in [1.807, 2.05) is 23.1 Å². The summed E-state index contributed by atoms with van der Waals surface area (Å²) < 4.78 is 13.6. The molecule has 0 atom stereocenters. The third kappa shape index (κ3) is 3.69. The predicted molar refractivity (Wildman–Crippen MR) is 103 cm³/mol. The zero-order chi connectivity index (χ0) is 18.6. The van der Waals surface area contributed by atoms with Crippen LogP contribution in [-0.4, -0.2) is 47.2 Å². The van der Waals surface area contributed by atoms with Crippen LogP contribution in [0, 0.1) is 5.82 Å². The summed E-state index contributed by atoms with van der Waals surface area (Å²) in [4.78, 5) is 17.2. The molecule has 4 rings (SSSR count). The van der Waals surface area contributed by atoms with Crippen LogP contribution in [0.25, 0.3) is 11.3 Å². The van der Waals surface area contributed by atoms with Gasteiger partial charge in [-0.2, -0.15) is 5.10 Å². The number of hydrogen-bond donors (Lipinski definition) is 1. The van der Waals surface area contributed by atoms with Crippen LogP contribution in [0.15, 0.2) is 60.8 Å². The van der Waals surface area contributed by atoms with Crippen molar-refractivity contribution in [3.05, 3.63) is 72.2 Å². The van der Waals surface area contributed by atoms with E-state index in [4.69, 9.17) is 0 Å². The molecule has 3 aromatic rings. The number of rotatable bonds is 3. The fraction of sp³-hybridized carbons (Fsp3) is 0.238. The number of para-hydroxylation sites is 1. The minimum atomic E-state index is -0.339. The zero-order valence-corrected chi connectivity index (χ0v) is 14.9. The molecule has 1 N–H and O–H groups in total. The van der Waals surface area contributed by atoms with E-state index >= 15 is 0 Å². The molecule has 2 aromatic carbocycles. The number of aromatic nitrogens is 2. The summed E-state index contributed by atoms with van der Waals surface area (Å²) in [5, 5.41) is 6.87. The summed E-state index contributed by atoms with van der Waals surface area (Å²) in [6.07, 6.45) is 2.43. The first-order valence-corrected chi connectivity index (χ1v) is 9.11. The summed E-state index contributed by atoms with van der Waals surface area (Å²) in [6, 6.07) is 16.4. The topological polar surface area (TPSA) is 52.2 Å². The smallest absolute Gasteiger partial charge is 0.257 e.